The summed E-state index contributed by atoms with van der Waals surface area (Å²) in [6.07, 6.45) is 2.79. The number of halogens is 2. The molecule has 0 aliphatic rings. The molecule has 1 atom stereocenters. The van der Waals surface area contributed by atoms with Gasteiger partial charge in [-0.2, -0.15) is 0 Å². The van der Waals surface area contributed by atoms with E-state index in [4.69, 9.17) is 0 Å². The molecule has 2 nitrogen and oxygen atoms in total. The monoisotopic (exact) mass is 263 g/mol. The third-order valence-electron chi connectivity index (χ3n) is 3.17. The van der Waals surface area contributed by atoms with Crippen molar-refractivity contribution in [1.29, 1.82) is 0 Å². The topological polar surface area (TPSA) is 33.1 Å². The van der Waals surface area contributed by atoms with Gasteiger partial charge in [0.1, 0.15) is 11.6 Å². The van der Waals surface area contributed by atoms with E-state index in [9.17, 15) is 13.9 Å². The highest BCUT2D eigenvalue weighted by Gasteiger charge is 2.25. The summed E-state index contributed by atoms with van der Waals surface area (Å²) in [7, 11) is 0. The average molecular weight is 263 g/mol. The van der Waals surface area contributed by atoms with Crippen LogP contribution in [0.5, 0.6) is 0 Å². The van der Waals surface area contributed by atoms with Crippen LogP contribution in [-0.4, -0.2) is 10.1 Å². The van der Waals surface area contributed by atoms with Crippen LogP contribution in [0.1, 0.15) is 23.6 Å². The van der Waals surface area contributed by atoms with Gasteiger partial charge in [0.25, 0.3) is 0 Å². The van der Waals surface area contributed by atoms with Crippen LogP contribution in [0.2, 0.25) is 0 Å². The summed E-state index contributed by atoms with van der Waals surface area (Å²) in [6.45, 7) is 3.37. The van der Waals surface area contributed by atoms with E-state index in [2.05, 4.69) is 4.98 Å². The second kappa shape index (κ2) is 5.05. The number of pyridine rings is 1. The van der Waals surface area contributed by atoms with Gasteiger partial charge in [0, 0.05) is 18.2 Å². The predicted octanol–water partition coefficient (Wildman–Crippen LogP) is 3.12. The predicted molar refractivity (Wildman–Crippen MR) is 68.6 cm³/mol. The SMILES string of the molecule is Cc1cc(F)ccc1CC(C)(O)c1cncc(F)c1. The van der Waals surface area contributed by atoms with E-state index in [0.29, 0.717) is 5.56 Å². The van der Waals surface area contributed by atoms with E-state index in [0.717, 1.165) is 17.3 Å². The van der Waals surface area contributed by atoms with Gasteiger partial charge in [-0.3, -0.25) is 4.98 Å². The maximum absolute atomic E-state index is 13.1. The first-order valence-electron chi connectivity index (χ1n) is 5.97. The molecule has 0 aliphatic heterocycles. The van der Waals surface area contributed by atoms with E-state index in [1.807, 2.05) is 0 Å². The Kier molecular flexibility index (Phi) is 3.62. The molecule has 0 bridgehead atoms. The van der Waals surface area contributed by atoms with Crippen molar-refractivity contribution in [3.8, 4) is 0 Å². The molecule has 4 heteroatoms. The van der Waals surface area contributed by atoms with Crippen molar-refractivity contribution in [1.82, 2.24) is 4.98 Å². The molecule has 0 saturated heterocycles. The highest BCUT2D eigenvalue weighted by molar-refractivity contribution is 5.30. The smallest absolute Gasteiger partial charge is 0.141 e. The largest absolute Gasteiger partial charge is 0.385 e. The highest BCUT2D eigenvalue weighted by atomic mass is 19.1. The number of rotatable bonds is 3. The fraction of sp³-hybridized carbons (Fsp3) is 0.267. The minimum absolute atomic E-state index is 0.268. The molecule has 100 valence electrons. The van der Waals surface area contributed by atoms with Crippen molar-refractivity contribution >= 4 is 0 Å². The molecule has 0 spiro atoms. The molecular formula is C15H15F2NO. The summed E-state index contributed by atoms with van der Waals surface area (Å²) >= 11 is 0. The first kappa shape index (κ1) is 13.6. The lowest BCUT2D eigenvalue weighted by Crippen LogP contribution is -2.25. The summed E-state index contributed by atoms with van der Waals surface area (Å²) in [4.78, 5) is 3.73. The van der Waals surface area contributed by atoms with Gasteiger partial charge in [0.15, 0.2) is 0 Å². The minimum atomic E-state index is -1.25. The quantitative estimate of drug-likeness (QED) is 0.923. The van der Waals surface area contributed by atoms with E-state index < -0.39 is 11.4 Å². The van der Waals surface area contributed by atoms with E-state index in [-0.39, 0.29) is 12.2 Å². The molecule has 0 saturated carbocycles. The maximum atomic E-state index is 13.1. The molecule has 2 rings (SSSR count). The second-order valence-corrected chi connectivity index (χ2v) is 4.91. The highest BCUT2D eigenvalue weighted by Crippen LogP contribution is 2.26. The lowest BCUT2D eigenvalue weighted by molar-refractivity contribution is 0.0567. The molecule has 1 unspecified atom stereocenters. The molecule has 19 heavy (non-hydrogen) atoms. The number of nitrogens with zero attached hydrogens (tertiary/aromatic N) is 1. The van der Waals surface area contributed by atoms with Gasteiger partial charge >= 0.3 is 0 Å². The van der Waals surface area contributed by atoms with Crippen LogP contribution in [-0.2, 0) is 12.0 Å². The Bertz CT molecular complexity index is 596. The summed E-state index contributed by atoms with van der Waals surface area (Å²) < 4.78 is 26.2. The molecule has 0 amide bonds. The van der Waals surface area contributed by atoms with Gasteiger partial charge < -0.3 is 5.11 Å². The molecule has 0 fully saturated rings. The van der Waals surface area contributed by atoms with Crippen LogP contribution >= 0.6 is 0 Å². The number of hydrogen-bond donors (Lipinski definition) is 1. The van der Waals surface area contributed by atoms with Crippen LogP contribution in [0.15, 0.2) is 36.7 Å². The van der Waals surface area contributed by atoms with Gasteiger partial charge in [0.05, 0.1) is 11.8 Å². The normalized spacial score (nSPS) is 14.2. The number of aryl methyl sites for hydroxylation is 1. The average Bonchev–Trinajstić information content (AvgIpc) is 2.33. The Balaban J connectivity index is 2.30. The lowest BCUT2D eigenvalue weighted by Gasteiger charge is -2.24. The third kappa shape index (κ3) is 3.15. The zero-order valence-electron chi connectivity index (χ0n) is 10.8. The van der Waals surface area contributed by atoms with Crippen molar-refractivity contribution in [3.63, 3.8) is 0 Å². The molecule has 1 N–H and O–H groups in total. The van der Waals surface area contributed by atoms with Crippen LogP contribution in [0.25, 0.3) is 0 Å². The molecule has 2 aromatic rings. The van der Waals surface area contributed by atoms with Gasteiger partial charge in [-0.15, -0.1) is 0 Å². The number of aliphatic hydroxyl groups is 1. The van der Waals surface area contributed by atoms with Gasteiger partial charge in [-0.1, -0.05) is 6.07 Å². The van der Waals surface area contributed by atoms with E-state index >= 15 is 0 Å². The van der Waals surface area contributed by atoms with Crippen molar-refractivity contribution < 1.29 is 13.9 Å². The van der Waals surface area contributed by atoms with Crippen LogP contribution < -0.4 is 0 Å². The minimum Gasteiger partial charge on any atom is -0.385 e. The Hall–Kier alpha value is -1.81. The number of aromatic nitrogens is 1. The molecule has 0 aliphatic carbocycles. The van der Waals surface area contributed by atoms with Gasteiger partial charge in [-0.05, 0) is 43.2 Å². The molecule has 1 aromatic heterocycles. The summed E-state index contributed by atoms with van der Waals surface area (Å²) in [5.74, 6) is -0.804. The van der Waals surface area contributed by atoms with Crippen LogP contribution in [0, 0.1) is 18.6 Å². The molecule has 1 aromatic carbocycles. The van der Waals surface area contributed by atoms with Gasteiger partial charge in [-0.25, -0.2) is 8.78 Å². The Labute approximate surface area is 110 Å². The maximum Gasteiger partial charge on any atom is 0.141 e. The fourth-order valence-corrected chi connectivity index (χ4v) is 2.04. The molecule has 0 radical (unpaired) electrons. The summed E-state index contributed by atoms with van der Waals surface area (Å²) in [5, 5.41) is 10.5. The number of benzene rings is 1. The fourth-order valence-electron chi connectivity index (χ4n) is 2.04. The Morgan fingerprint density at radius 1 is 1.16 bits per heavy atom. The molecule has 1 heterocycles. The Morgan fingerprint density at radius 2 is 1.89 bits per heavy atom. The zero-order valence-corrected chi connectivity index (χ0v) is 10.8. The van der Waals surface area contributed by atoms with Gasteiger partial charge in [0.2, 0.25) is 0 Å². The van der Waals surface area contributed by atoms with Crippen molar-refractivity contribution in [3.05, 3.63) is 65.0 Å². The van der Waals surface area contributed by atoms with Crippen molar-refractivity contribution in [2.45, 2.75) is 25.9 Å². The summed E-state index contributed by atoms with van der Waals surface area (Å²) in [5.41, 5.74) is 0.717. The number of hydrogen-bond acceptors (Lipinski definition) is 2. The van der Waals surface area contributed by atoms with Crippen LogP contribution in [0.4, 0.5) is 8.78 Å². The first-order valence-corrected chi connectivity index (χ1v) is 5.97. The van der Waals surface area contributed by atoms with E-state index in [1.165, 1.54) is 24.4 Å². The standard InChI is InChI=1S/C15H15F2NO/c1-10-5-13(16)4-3-11(10)7-15(2,19)12-6-14(17)9-18-8-12/h3-6,8-9,19H,7H2,1-2H3. The third-order valence-corrected chi connectivity index (χ3v) is 3.17. The zero-order chi connectivity index (χ0) is 14.0. The van der Waals surface area contributed by atoms with E-state index in [1.54, 1.807) is 19.9 Å². The van der Waals surface area contributed by atoms with Crippen molar-refractivity contribution in [2.75, 3.05) is 0 Å². The molecular weight excluding hydrogens is 248 g/mol. The summed E-state index contributed by atoms with van der Waals surface area (Å²) in [6, 6.07) is 5.65. The second-order valence-electron chi connectivity index (χ2n) is 4.91. The van der Waals surface area contributed by atoms with Crippen molar-refractivity contribution in [2.24, 2.45) is 0 Å². The Morgan fingerprint density at radius 3 is 2.53 bits per heavy atom. The lowest BCUT2D eigenvalue weighted by atomic mass is 9.88. The van der Waals surface area contributed by atoms with Crippen LogP contribution in [0.3, 0.4) is 0 Å². The first-order chi connectivity index (χ1) is 8.88.